The average molecular weight is 255 g/mol. The summed E-state index contributed by atoms with van der Waals surface area (Å²) in [5.41, 5.74) is 3.01. The van der Waals surface area contributed by atoms with E-state index < -0.39 is 0 Å². The summed E-state index contributed by atoms with van der Waals surface area (Å²) in [6.45, 7) is 0. The molecule has 4 N–H and O–H groups in total. The van der Waals surface area contributed by atoms with E-state index in [4.69, 9.17) is 17.4 Å². The number of H-pyrrole nitrogens is 1. The number of hydrogen-bond acceptors (Lipinski definition) is 3. The lowest BCUT2D eigenvalue weighted by atomic mass is 10.1. The van der Waals surface area contributed by atoms with Crippen molar-refractivity contribution in [2.45, 2.75) is 12.5 Å². The summed E-state index contributed by atoms with van der Waals surface area (Å²) in [5, 5.41) is 0.386. The number of aromatic amines is 1. The Labute approximate surface area is 103 Å². The van der Waals surface area contributed by atoms with Gasteiger partial charge in [-0.15, -0.1) is 0 Å². The highest BCUT2D eigenvalue weighted by atomic mass is 35.5. The number of aromatic nitrogens is 2. The van der Waals surface area contributed by atoms with E-state index in [2.05, 4.69) is 15.4 Å². The van der Waals surface area contributed by atoms with Gasteiger partial charge in [0.2, 0.25) is 0 Å². The highest BCUT2D eigenvalue weighted by molar-refractivity contribution is 6.31. The molecule has 0 aliphatic heterocycles. The zero-order chi connectivity index (χ0) is 12.3. The lowest BCUT2D eigenvalue weighted by Gasteiger charge is -2.14. The first-order chi connectivity index (χ1) is 8.22. The fourth-order valence-corrected chi connectivity index (χ4v) is 1.87. The van der Waals surface area contributed by atoms with Crippen molar-refractivity contribution < 1.29 is 4.39 Å². The third-order valence-electron chi connectivity index (χ3n) is 2.52. The van der Waals surface area contributed by atoms with Gasteiger partial charge in [-0.3, -0.25) is 5.84 Å². The zero-order valence-electron chi connectivity index (χ0n) is 8.95. The molecular formula is C11H12ClFN4. The van der Waals surface area contributed by atoms with Gasteiger partial charge in [0.15, 0.2) is 0 Å². The summed E-state index contributed by atoms with van der Waals surface area (Å²) in [6.07, 6.45) is 3.63. The van der Waals surface area contributed by atoms with Crippen molar-refractivity contribution in [2.24, 2.45) is 5.84 Å². The monoisotopic (exact) mass is 254 g/mol. The summed E-state index contributed by atoms with van der Waals surface area (Å²) >= 11 is 5.95. The van der Waals surface area contributed by atoms with E-state index in [1.54, 1.807) is 24.5 Å². The van der Waals surface area contributed by atoms with E-state index in [0.29, 0.717) is 22.8 Å². The van der Waals surface area contributed by atoms with E-state index in [1.165, 1.54) is 6.07 Å². The van der Waals surface area contributed by atoms with Gasteiger partial charge < -0.3 is 4.98 Å². The van der Waals surface area contributed by atoms with Gasteiger partial charge in [0.05, 0.1) is 6.04 Å². The van der Waals surface area contributed by atoms with Gasteiger partial charge >= 0.3 is 0 Å². The molecule has 2 rings (SSSR count). The molecule has 0 spiro atoms. The van der Waals surface area contributed by atoms with Crippen LogP contribution >= 0.6 is 11.6 Å². The molecule has 0 bridgehead atoms. The second-order valence-corrected chi connectivity index (χ2v) is 4.01. The summed E-state index contributed by atoms with van der Waals surface area (Å²) < 4.78 is 13.6. The van der Waals surface area contributed by atoms with E-state index in [9.17, 15) is 4.39 Å². The maximum Gasteiger partial charge on any atom is 0.127 e. The maximum atomic E-state index is 13.6. The van der Waals surface area contributed by atoms with Gasteiger partial charge in [-0.1, -0.05) is 17.7 Å². The molecule has 17 heavy (non-hydrogen) atoms. The third kappa shape index (κ3) is 2.63. The normalized spacial score (nSPS) is 12.6. The molecule has 1 heterocycles. The molecular weight excluding hydrogens is 243 g/mol. The minimum atomic E-state index is -0.343. The van der Waals surface area contributed by atoms with Crippen LogP contribution in [0.3, 0.4) is 0 Å². The summed E-state index contributed by atoms with van der Waals surface area (Å²) in [6, 6.07) is 4.28. The van der Waals surface area contributed by atoms with Crippen LogP contribution in [0, 0.1) is 5.82 Å². The van der Waals surface area contributed by atoms with Crippen LogP contribution in [0.15, 0.2) is 30.6 Å². The first-order valence-corrected chi connectivity index (χ1v) is 5.48. The van der Waals surface area contributed by atoms with Crippen LogP contribution in [0.4, 0.5) is 4.39 Å². The number of nitrogens with two attached hydrogens (primary N) is 1. The van der Waals surface area contributed by atoms with Crippen LogP contribution in [-0.2, 0) is 6.42 Å². The number of nitrogens with zero attached hydrogens (tertiary/aromatic N) is 1. The summed E-state index contributed by atoms with van der Waals surface area (Å²) in [4.78, 5) is 7.01. The van der Waals surface area contributed by atoms with Gasteiger partial charge in [-0.25, -0.2) is 14.8 Å². The molecule has 90 valence electrons. The smallest absolute Gasteiger partial charge is 0.127 e. The van der Waals surface area contributed by atoms with Crippen LogP contribution < -0.4 is 11.3 Å². The molecule has 0 amide bonds. The van der Waals surface area contributed by atoms with Gasteiger partial charge in [0, 0.05) is 29.4 Å². The van der Waals surface area contributed by atoms with Crippen molar-refractivity contribution in [1.29, 1.82) is 0 Å². The Kier molecular flexibility index (Phi) is 3.73. The Bertz CT molecular complexity index is 466. The second kappa shape index (κ2) is 5.27. The van der Waals surface area contributed by atoms with Gasteiger partial charge in [0.25, 0.3) is 0 Å². The van der Waals surface area contributed by atoms with Gasteiger partial charge in [-0.05, 0) is 12.1 Å². The van der Waals surface area contributed by atoms with Crippen molar-refractivity contribution in [1.82, 2.24) is 15.4 Å². The van der Waals surface area contributed by atoms with Crippen LogP contribution in [0.1, 0.15) is 17.4 Å². The predicted molar refractivity (Wildman–Crippen MR) is 63.8 cm³/mol. The van der Waals surface area contributed by atoms with E-state index in [1.807, 2.05) is 0 Å². The minimum absolute atomic E-state index is 0.306. The molecule has 1 aromatic carbocycles. The largest absolute Gasteiger partial charge is 0.347 e. The van der Waals surface area contributed by atoms with Gasteiger partial charge in [-0.2, -0.15) is 0 Å². The molecule has 1 atom stereocenters. The molecule has 0 aliphatic rings. The molecule has 0 saturated heterocycles. The Morgan fingerprint density at radius 2 is 2.35 bits per heavy atom. The van der Waals surface area contributed by atoms with Crippen molar-refractivity contribution in [3.8, 4) is 0 Å². The summed E-state index contributed by atoms with van der Waals surface area (Å²) in [7, 11) is 0. The van der Waals surface area contributed by atoms with Crippen LogP contribution in [-0.4, -0.2) is 9.97 Å². The zero-order valence-corrected chi connectivity index (χ0v) is 9.71. The van der Waals surface area contributed by atoms with Gasteiger partial charge in [0.1, 0.15) is 11.6 Å². The summed E-state index contributed by atoms with van der Waals surface area (Å²) in [5.74, 6) is 5.74. The number of nitrogens with one attached hydrogen (secondary N) is 2. The molecule has 0 saturated carbocycles. The number of hydrogen-bond donors (Lipinski definition) is 3. The molecule has 0 radical (unpaired) electrons. The van der Waals surface area contributed by atoms with E-state index >= 15 is 0 Å². The number of hydrazine groups is 1. The van der Waals surface area contributed by atoms with E-state index in [0.717, 1.165) is 0 Å². The number of rotatable bonds is 4. The number of benzene rings is 1. The fourth-order valence-electron chi connectivity index (χ4n) is 1.63. The van der Waals surface area contributed by atoms with Crippen molar-refractivity contribution in [3.05, 3.63) is 52.8 Å². The molecule has 1 unspecified atom stereocenters. The standard InChI is InChI=1S/C11H12ClFN4/c12-8-2-1-3-9(13)7(8)6-10(17-14)11-15-4-5-16-11/h1-5,10,17H,6,14H2,(H,15,16). The van der Waals surface area contributed by atoms with Crippen LogP contribution in [0.5, 0.6) is 0 Å². The molecule has 6 heteroatoms. The Morgan fingerprint density at radius 3 is 2.94 bits per heavy atom. The Hall–Kier alpha value is -1.43. The van der Waals surface area contributed by atoms with Crippen molar-refractivity contribution >= 4 is 11.6 Å². The quantitative estimate of drug-likeness (QED) is 0.577. The van der Waals surface area contributed by atoms with Crippen molar-refractivity contribution in [2.75, 3.05) is 0 Å². The average Bonchev–Trinajstić information content (AvgIpc) is 2.82. The van der Waals surface area contributed by atoms with E-state index in [-0.39, 0.29) is 11.9 Å². The lowest BCUT2D eigenvalue weighted by molar-refractivity contribution is 0.510. The van der Waals surface area contributed by atoms with Crippen LogP contribution in [0.25, 0.3) is 0 Å². The highest BCUT2D eigenvalue weighted by Crippen LogP contribution is 2.24. The molecule has 1 aromatic heterocycles. The topological polar surface area (TPSA) is 66.7 Å². The van der Waals surface area contributed by atoms with Crippen LogP contribution in [0.2, 0.25) is 5.02 Å². The third-order valence-corrected chi connectivity index (χ3v) is 2.87. The molecule has 0 fully saturated rings. The predicted octanol–water partition coefficient (Wildman–Crippen LogP) is 1.95. The first-order valence-electron chi connectivity index (χ1n) is 5.10. The SMILES string of the molecule is NNC(Cc1c(F)cccc1Cl)c1ncc[nH]1. The Balaban J connectivity index is 2.25. The lowest BCUT2D eigenvalue weighted by Crippen LogP contribution is -2.30. The molecule has 4 nitrogen and oxygen atoms in total. The molecule has 0 aliphatic carbocycles. The maximum absolute atomic E-state index is 13.6. The second-order valence-electron chi connectivity index (χ2n) is 3.60. The number of halogens is 2. The first kappa shape index (κ1) is 12.0. The molecule has 2 aromatic rings. The number of imidazole rings is 1. The fraction of sp³-hybridized carbons (Fsp3) is 0.182. The Morgan fingerprint density at radius 1 is 1.53 bits per heavy atom. The minimum Gasteiger partial charge on any atom is -0.347 e. The highest BCUT2D eigenvalue weighted by Gasteiger charge is 2.17. The van der Waals surface area contributed by atoms with Crippen molar-refractivity contribution in [3.63, 3.8) is 0 Å².